The van der Waals surface area contributed by atoms with Crippen LogP contribution < -0.4 is 5.32 Å². The van der Waals surface area contributed by atoms with Crippen LogP contribution in [-0.4, -0.2) is 36.5 Å². The summed E-state index contributed by atoms with van der Waals surface area (Å²) < 4.78 is 5.39. The van der Waals surface area contributed by atoms with Crippen molar-refractivity contribution < 1.29 is 9.21 Å². The second-order valence-corrected chi connectivity index (χ2v) is 5.97. The Labute approximate surface area is 120 Å². The molecular weight excluding hydrogens is 252 g/mol. The summed E-state index contributed by atoms with van der Waals surface area (Å²) in [6.45, 7) is 4.94. The minimum Gasteiger partial charge on any atom is -0.469 e. The van der Waals surface area contributed by atoms with E-state index >= 15 is 0 Å². The highest BCUT2D eigenvalue weighted by atomic mass is 16.3. The van der Waals surface area contributed by atoms with Crippen LogP contribution in [0.2, 0.25) is 0 Å². The van der Waals surface area contributed by atoms with Gasteiger partial charge in [-0.05, 0) is 44.2 Å². The summed E-state index contributed by atoms with van der Waals surface area (Å²) in [5.41, 5.74) is 0.757. The fourth-order valence-corrected chi connectivity index (χ4v) is 3.61. The van der Waals surface area contributed by atoms with E-state index in [0.29, 0.717) is 12.0 Å². The van der Waals surface area contributed by atoms with Crippen LogP contribution in [0.15, 0.2) is 16.7 Å². The zero-order chi connectivity index (χ0) is 13.9. The lowest BCUT2D eigenvalue weighted by molar-refractivity contribution is 0.0649. The van der Waals surface area contributed by atoms with Crippen LogP contribution in [0.1, 0.15) is 48.7 Å². The fraction of sp³-hybridized carbons (Fsp3) is 0.688. The Bertz CT molecular complexity index is 463. The Balaban J connectivity index is 1.68. The standard InChI is InChI=1S/C16H24N2O2/c1-2-15-13(7-10-20-15)16(19)18-9-4-5-12(11-18)14-6-3-8-17-14/h7,10,12,14,17H,2-6,8-9,11H2,1H3. The van der Waals surface area contributed by atoms with Crippen LogP contribution in [0, 0.1) is 5.92 Å². The molecule has 0 aliphatic carbocycles. The van der Waals surface area contributed by atoms with Gasteiger partial charge in [-0.25, -0.2) is 0 Å². The number of aryl methyl sites for hydroxylation is 1. The van der Waals surface area contributed by atoms with Crippen molar-refractivity contribution in [1.29, 1.82) is 0 Å². The summed E-state index contributed by atoms with van der Waals surface area (Å²) in [4.78, 5) is 14.7. The fourth-order valence-electron chi connectivity index (χ4n) is 3.61. The average Bonchev–Trinajstić information content (AvgIpc) is 3.17. The predicted molar refractivity (Wildman–Crippen MR) is 77.7 cm³/mol. The van der Waals surface area contributed by atoms with E-state index in [-0.39, 0.29) is 5.91 Å². The molecule has 20 heavy (non-hydrogen) atoms. The predicted octanol–water partition coefficient (Wildman–Crippen LogP) is 2.45. The average molecular weight is 276 g/mol. The highest BCUT2D eigenvalue weighted by molar-refractivity contribution is 5.95. The lowest BCUT2D eigenvalue weighted by atomic mass is 9.89. The summed E-state index contributed by atoms with van der Waals surface area (Å²) in [5.74, 6) is 1.58. The van der Waals surface area contributed by atoms with Crippen molar-refractivity contribution in [3.8, 4) is 0 Å². The third-order valence-electron chi connectivity index (χ3n) is 4.71. The second-order valence-electron chi connectivity index (χ2n) is 5.97. The Morgan fingerprint density at radius 3 is 3.10 bits per heavy atom. The zero-order valence-corrected chi connectivity index (χ0v) is 12.2. The third kappa shape index (κ3) is 2.62. The van der Waals surface area contributed by atoms with E-state index in [2.05, 4.69) is 5.32 Å². The molecule has 0 spiro atoms. The first kappa shape index (κ1) is 13.7. The van der Waals surface area contributed by atoms with Crippen LogP contribution in [0.4, 0.5) is 0 Å². The van der Waals surface area contributed by atoms with Gasteiger partial charge in [-0.3, -0.25) is 4.79 Å². The van der Waals surface area contributed by atoms with E-state index in [0.717, 1.165) is 43.8 Å². The van der Waals surface area contributed by atoms with Crippen molar-refractivity contribution in [3.63, 3.8) is 0 Å². The first-order valence-corrected chi connectivity index (χ1v) is 7.88. The molecule has 0 aromatic carbocycles. The Morgan fingerprint density at radius 2 is 2.35 bits per heavy atom. The largest absolute Gasteiger partial charge is 0.469 e. The van der Waals surface area contributed by atoms with Gasteiger partial charge in [-0.1, -0.05) is 6.92 Å². The molecule has 2 unspecified atom stereocenters. The molecule has 1 amide bonds. The first-order chi connectivity index (χ1) is 9.79. The van der Waals surface area contributed by atoms with E-state index in [9.17, 15) is 4.79 Å². The Kier molecular flexibility index (Phi) is 4.10. The molecule has 3 heterocycles. The molecule has 2 saturated heterocycles. The van der Waals surface area contributed by atoms with Crippen molar-refractivity contribution in [2.24, 2.45) is 5.92 Å². The molecule has 3 rings (SSSR count). The van der Waals surface area contributed by atoms with E-state index < -0.39 is 0 Å². The number of hydrogen-bond donors (Lipinski definition) is 1. The minimum atomic E-state index is 0.151. The van der Waals surface area contributed by atoms with Gasteiger partial charge in [0.25, 0.3) is 5.91 Å². The molecule has 2 aliphatic heterocycles. The summed E-state index contributed by atoms with van der Waals surface area (Å²) in [5, 5.41) is 3.59. The van der Waals surface area contributed by atoms with Crippen molar-refractivity contribution in [2.45, 2.75) is 45.1 Å². The van der Waals surface area contributed by atoms with E-state index in [1.54, 1.807) is 6.26 Å². The quantitative estimate of drug-likeness (QED) is 0.922. The smallest absolute Gasteiger partial charge is 0.257 e. The number of nitrogens with zero attached hydrogens (tertiary/aromatic N) is 1. The van der Waals surface area contributed by atoms with E-state index in [1.165, 1.54) is 19.3 Å². The number of rotatable bonds is 3. The molecule has 1 aromatic heterocycles. The van der Waals surface area contributed by atoms with Gasteiger partial charge in [0.15, 0.2) is 0 Å². The highest BCUT2D eigenvalue weighted by Crippen LogP contribution is 2.26. The van der Waals surface area contributed by atoms with Gasteiger partial charge in [-0.15, -0.1) is 0 Å². The minimum absolute atomic E-state index is 0.151. The molecule has 4 nitrogen and oxygen atoms in total. The van der Waals surface area contributed by atoms with Crippen LogP contribution >= 0.6 is 0 Å². The molecule has 0 radical (unpaired) electrons. The number of carbonyl (C=O) groups excluding carboxylic acids is 1. The summed E-state index contributed by atoms with van der Waals surface area (Å²) in [6.07, 6.45) is 7.30. The van der Waals surface area contributed by atoms with Gasteiger partial charge in [0.1, 0.15) is 5.76 Å². The van der Waals surface area contributed by atoms with E-state index in [4.69, 9.17) is 4.42 Å². The molecule has 2 aliphatic rings. The van der Waals surface area contributed by atoms with Crippen LogP contribution in [0.5, 0.6) is 0 Å². The Hall–Kier alpha value is -1.29. The number of likely N-dealkylation sites (tertiary alicyclic amines) is 1. The molecular formula is C16H24N2O2. The highest BCUT2D eigenvalue weighted by Gasteiger charge is 2.32. The molecule has 1 N–H and O–H groups in total. The van der Waals surface area contributed by atoms with Crippen LogP contribution in [0.25, 0.3) is 0 Å². The van der Waals surface area contributed by atoms with Crippen LogP contribution in [0.3, 0.4) is 0 Å². The molecule has 4 heteroatoms. The SMILES string of the molecule is CCc1occc1C(=O)N1CCCC(C2CCCN2)C1. The molecule has 0 saturated carbocycles. The monoisotopic (exact) mass is 276 g/mol. The second kappa shape index (κ2) is 6.00. The lowest BCUT2D eigenvalue weighted by Crippen LogP contribution is -2.46. The van der Waals surface area contributed by atoms with Gasteiger partial charge in [0, 0.05) is 25.6 Å². The number of hydrogen-bond acceptors (Lipinski definition) is 3. The van der Waals surface area contributed by atoms with Crippen molar-refractivity contribution >= 4 is 5.91 Å². The maximum absolute atomic E-state index is 12.6. The molecule has 110 valence electrons. The van der Waals surface area contributed by atoms with Gasteiger partial charge in [0.2, 0.25) is 0 Å². The summed E-state index contributed by atoms with van der Waals surface area (Å²) >= 11 is 0. The first-order valence-electron chi connectivity index (χ1n) is 7.88. The number of amides is 1. The van der Waals surface area contributed by atoms with E-state index in [1.807, 2.05) is 17.9 Å². The maximum Gasteiger partial charge on any atom is 0.257 e. The number of piperidine rings is 1. The van der Waals surface area contributed by atoms with Gasteiger partial charge in [0.05, 0.1) is 11.8 Å². The van der Waals surface area contributed by atoms with Crippen LogP contribution in [-0.2, 0) is 6.42 Å². The lowest BCUT2D eigenvalue weighted by Gasteiger charge is -2.35. The molecule has 1 aromatic rings. The molecule has 2 fully saturated rings. The topological polar surface area (TPSA) is 45.5 Å². The maximum atomic E-state index is 12.6. The van der Waals surface area contributed by atoms with Crippen molar-refractivity contribution in [1.82, 2.24) is 10.2 Å². The van der Waals surface area contributed by atoms with Gasteiger partial charge < -0.3 is 14.6 Å². The van der Waals surface area contributed by atoms with Crippen molar-refractivity contribution in [3.05, 3.63) is 23.7 Å². The number of furan rings is 1. The number of carbonyl (C=O) groups is 1. The third-order valence-corrected chi connectivity index (χ3v) is 4.71. The zero-order valence-electron chi connectivity index (χ0n) is 12.2. The van der Waals surface area contributed by atoms with Gasteiger partial charge >= 0.3 is 0 Å². The Morgan fingerprint density at radius 1 is 1.45 bits per heavy atom. The normalized spacial score (nSPS) is 26.9. The molecule has 2 atom stereocenters. The molecule has 0 bridgehead atoms. The summed E-state index contributed by atoms with van der Waals surface area (Å²) in [6, 6.07) is 2.43. The van der Waals surface area contributed by atoms with Gasteiger partial charge in [-0.2, -0.15) is 0 Å². The summed E-state index contributed by atoms with van der Waals surface area (Å²) in [7, 11) is 0. The number of nitrogens with one attached hydrogen (secondary N) is 1. The van der Waals surface area contributed by atoms with Crippen molar-refractivity contribution in [2.75, 3.05) is 19.6 Å².